The van der Waals surface area contributed by atoms with Crippen LogP contribution in [0.15, 0.2) is 34.9 Å². The molecule has 1 amide bonds. The molecule has 1 saturated carbocycles. The van der Waals surface area contributed by atoms with Crippen LogP contribution in [0, 0.1) is 0 Å². The molecular weight excluding hydrogens is 338 g/mol. The molecular formula is C19H24ClN3O2. The smallest absolute Gasteiger partial charge is 0.232 e. The molecule has 0 radical (unpaired) electrons. The third kappa shape index (κ3) is 3.88. The van der Waals surface area contributed by atoms with E-state index in [-0.39, 0.29) is 5.91 Å². The summed E-state index contributed by atoms with van der Waals surface area (Å²) >= 11 is 5.92. The molecule has 1 aromatic heterocycles. The molecule has 6 heteroatoms. The van der Waals surface area contributed by atoms with E-state index in [4.69, 9.17) is 16.1 Å². The van der Waals surface area contributed by atoms with E-state index in [1.165, 1.54) is 0 Å². The quantitative estimate of drug-likeness (QED) is 0.782. The molecule has 25 heavy (non-hydrogen) atoms. The van der Waals surface area contributed by atoms with Crippen molar-refractivity contribution in [2.24, 2.45) is 0 Å². The van der Waals surface area contributed by atoms with Crippen LogP contribution < -0.4 is 5.32 Å². The maximum absolute atomic E-state index is 12.6. The summed E-state index contributed by atoms with van der Waals surface area (Å²) in [6.07, 6.45) is 1.63. The van der Waals surface area contributed by atoms with Gasteiger partial charge in [0.05, 0.1) is 11.1 Å². The van der Waals surface area contributed by atoms with Crippen LogP contribution in [0.5, 0.6) is 0 Å². The topological polar surface area (TPSA) is 58.4 Å². The van der Waals surface area contributed by atoms with Crippen LogP contribution in [0.2, 0.25) is 5.02 Å². The fourth-order valence-corrected chi connectivity index (χ4v) is 3.14. The highest BCUT2D eigenvalue weighted by Gasteiger charge is 2.53. The van der Waals surface area contributed by atoms with Gasteiger partial charge in [0, 0.05) is 29.7 Å². The molecule has 0 saturated heterocycles. The first-order valence-corrected chi connectivity index (χ1v) is 9.20. The lowest BCUT2D eigenvalue weighted by molar-refractivity contribution is -0.123. The lowest BCUT2D eigenvalue weighted by Crippen LogP contribution is -2.40. The molecule has 3 rings (SSSR count). The molecule has 1 aromatic carbocycles. The van der Waals surface area contributed by atoms with E-state index in [1.54, 1.807) is 0 Å². The van der Waals surface area contributed by atoms with Gasteiger partial charge in [-0.15, -0.1) is 0 Å². The van der Waals surface area contributed by atoms with Crippen molar-refractivity contribution in [3.63, 3.8) is 0 Å². The Hall–Kier alpha value is -1.85. The molecule has 1 aliphatic carbocycles. The van der Waals surface area contributed by atoms with E-state index in [2.05, 4.69) is 29.2 Å². The number of amides is 1. The summed E-state index contributed by atoms with van der Waals surface area (Å²) in [7, 11) is 0. The molecule has 0 aliphatic heterocycles. The number of carbonyl (C=O) groups is 1. The Balaban J connectivity index is 1.65. The number of halogens is 1. The van der Waals surface area contributed by atoms with E-state index < -0.39 is 5.41 Å². The Morgan fingerprint density at radius 3 is 2.56 bits per heavy atom. The van der Waals surface area contributed by atoms with Crippen molar-refractivity contribution in [1.29, 1.82) is 0 Å². The SMILES string of the molecule is CCN(CC)CCNC(=O)C1(c2cc(-c3ccc(Cl)cc3)on2)CC1. The van der Waals surface area contributed by atoms with Gasteiger partial charge < -0.3 is 14.7 Å². The average Bonchev–Trinajstić information content (AvgIpc) is 3.30. The summed E-state index contributed by atoms with van der Waals surface area (Å²) in [4.78, 5) is 14.9. The van der Waals surface area contributed by atoms with Gasteiger partial charge >= 0.3 is 0 Å². The predicted molar refractivity (Wildman–Crippen MR) is 98.7 cm³/mol. The monoisotopic (exact) mass is 361 g/mol. The maximum Gasteiger partial charge on any atom is 0.232 e. The third-order valence-corrected chi connectivity index (χ3v) is 5.17. The second-order valence-electron chi connectivity index (χ2n) is 6.45. The van der Waals surface area contributed by atoms with Gasteiger partial charge in [-0.05, 0) is 50.2 Å². The largest absolute Gasteiger partial charge is 0.356 e. The van der Waals surface area contributed by atoms with Crippen molar-refractivity contribution in [2.45, 2.75) is 32.1 Å². The van der Waals surface area contributed by atoms with Gasteiger partial charge in [-0.1, -0.05) is 30.6 Å². The lowest BCUT2D eigenvalue weighted by atomic mass is 10.0. The van der Waals surface area contributed by atoms with Gasteiger partial charge in [0.1, 0.15) is 0 Å². The summed E-state index contributed by atoms with van der Waals surface area (Å²) in [6, 6.07) is 9.27. The third-order valence-electron chi connectivity index (χ3n) is 4.92. The van der Waals surface area contributed by atoms with Crippen LogP contribution in [0.1, 0.15) is 32.4 Å². The van der Waals surface area contributed by atoms with Crippen LogP contribution in [0.25, 0.3) is 11.3 Å². The highest BCUT2D eigenvalue weighted by Crippen LogP contribution is 2.48. The minimum absolute atomic E-state index is 0.0515. The lowest BCUT2D eigenvalue weighted by Gasteiger charge is -2.19. The summed E-state index contributed by atoms with van der Waals surface area (Å²) in [5, 5.41) is 7.90. The fourth-order valence-electron chi connectivity index (χ4n) is 3.01. The van der Waals surface area contributed by atoms with Crippen molar-refractivity contribution in [2.75, 3.05) is 26.2 Å². The first-order chi connectivity index (χ1) is 12.1. The Bertz CT molecular complexity index is 719. The van der Waals surface area contributed by atoms with Gasteiger partial charge in [-0.3, -0.25) is 4.79 Å². The van der Waals surface area contributed by atoms with Crippen LogP contribution in [0.4, 0.5) is 0 Å². The van der Waals surface area contributed by atoms with Gasteiger partial charge in [-0.2, -0.15) is 0 Å². The number of rotatable bonds is 8. The molecule has 1 heterocycles. The van der Waals surface area contributed by atoms with E-state index in [0.29, 0.717) is 17.3 Å². The Kier molecular flexibility index (Phi) is 5.45. The number of hydrogen-bond donors (Lipinski definition) is 1. The summed E-state index contributed by atoms with van der Waals surface area (Å²) in [5.41, 5.74) is 1.11. The highest BCUT2D eigenvalue weighted by atomic mass is 35.5. The summed E-state index contributed by atoms with van der Waals surface area (Å²) in [5.74, 6) is 0.712. The van der Waals surface area contributed by atoms with Crippen molar-refractivity contribution in [1.82, 2.24) is 15.4 Å². The van der Waals surface area contributed by atoms with E-state index >= 15 is 0 Å². The first-order valence-electron chi connectivity index (χ1n) is 8.83. The molecule has 1 aliphatic rings. The molecule has 1 N–H and O–H groups in total. The van der Waals surface area contributed by atoms with Crippen LogP contribution in [-0.2, 0) is 10.2 Å². The second-order valence-corrected chi connectivity index (χ2v) is 6.88. The van der Waals surface area contributed by atoms with Gasteiger partial charge in [0.25, 0.3) is 0 Å². The number of nitrogens with zero attached hydrogens (tertiary/aromatic N) is 2. The van der Waals surface area contributed by atoms with E-state index in [1.807, 2.05) is 30.3 Å². The van der Waals surface area contributed by atoms with Gasteiger partial charge in [-0.25, -0.2) is 0 Å². The molecule has 1 fully saturated rings. The molecule has 0 spiro atoms. The van der Waals surface area contributed by atoms with Crippen molar-refractivity contribution >= 4 is 17.5 Å². The standard InChI is InChI=1S/C19H24ClN3O2/c1-3-23(4-2)12-11-21-18(24)19(9-10-19)17-13-16(25-22-17)14-5-7-15(20)8-6-14/h5-8,13H,3-4,9-12H2,1-2H3,(H,21,24). The van der Waals surface area contributed by atoms with Crippen molar-refractivity contribution in [3.8, 4) is 11.3 Å². The highest BCUT2D eigenvalue weighted by molar-refractivity contribution is 6.30. The molecule has 5 nitrogen and oxygen atoms in total. The zero-order chi connectivity index (χ0) is 17.9. The predicted octanol–water partition coefficient (Wildman–Crippen LogP) is 3.48. The second kappa shape index (κ2) is 7.58. The van der Waals surface area contributed by atoms with Gasteiger partial charge in [0.15, 0.2) is 5.76 Å². The molecule has 0 bridgehead atoms. The molecule has 134 valence electrons. The Morgan fingerprint density at radius 1 is 1.28 bits per heavy atom. The zero-order valence-corrected chi connectivity index (χ0v) is 15.5. The molecule has 0 unspecified atom stereocenters. The number of hydrogen-bond acceptors (Lipinski definition) is 4. The minimum atomic E-state index is -0.516. The van der Waals surface area contributed by atoms with Crippen LogP contribution in [0.3, 0.4) is 0 Å². The summed E-state index contributed by atoms with van der Waals surface area (Å²) in [6.45, 7) is 7.76. The number of likely N-dealkylation sites (N-methyl/N-ethyl adjacent to an activating group) is 1. The molecule has 2 aromatic rings. The number of nitrogens with one attached hydrogen (secondary N) is 1. The number of carbonyl (C=O) groups excluding carboxylic acids is 1. The van der Waals surface area contributed by atoms with Crippen molar-refractivity contribution in [3.05, 3.63) is 41.0 Å². The van der Waals surface area contributed by atoms with E-state index in [0.717, 1.165) is 43.7 Å². The van der Waals surface area contributed by atoms with Crippen LogP contribution >= 0.6 is 11.6 Å². The summed E-state index contributed by atoms with van der Waals surface area (Å²) < 4.78 is 5.46. The number of aromatic nitrogens is 1. The van der Waals surface area contributed by atoms with Gasteiger partial charge in [0.2, 0.25) is 5.91 Å². The maximum atomic E-state index is 12.6. The van der Waals surface area contributed by atoms with Crippen LogP contribution in [-0.4, -0.2) is 42.1 Å². The normalized spacial score (nSPS) is 15.4. The fraction of sp³-hybridized carbons (Fsp3) is 0.474. The Morgan fingerprint density at radius 2 is 1.96 bits per heavy atom. The first kappa shape index (κ1) is 18.0. The molecule has 0 atom stereocenters. The average molecular weight is 362 g/mol. The number of benzene rings is 1. The Labute approximate surface area is 153 Å². The van der Waals surface area contributed by atoms with E-state index in [9.17, 15) is 4.79 Å². The zero-order valence-electron chi connectivity index (χ0n) is 14.7. The van der Waals surface area contributed by atoms with Crippen molar-refractivity contribution < 1.29 is 9.32 Å². The minimum Gasteiger partial charge on any atom is -0.356 e.